The average molecular weight is 321 g/mol. The average Bonchev–Trinajstić information content (AvgIpc) is 3.01. The minimum Gasteiger partial charge on any atom is -0.378 e. The number of hydrogen-bond acceptors (Lipinski definition) is 3. The van der Waals surface area contributed by atoms with E-state index in [9.17, 15) is 10.1 Å². The molecule has 0 unspecified atom stereocenters. The molecule has 0 bridgehead atoms. The van der Waals surface area contributed by atoms with Gasteiger partial charge in [0.2, 0.25) is 0 Å². The molecule has 3 rings (SSSR count). The van der Waals surface area contributed by atoms with Crippen LogP contribution in [0.3, 0.4) is 0 Å². The maximum Gasteiger partial charge on any atom is 0.264 e. The zero-order valence-electron chi connectivity index (χ0n) is 13.6. The molecule has 1 aromatic heterocycles. The van der Waals surface area contributed by atoms with Crippen LogP contribution in [0.25, 0.3) is 11.8 Å². The fourth-order valence-corrected chi connectivity index (χ4v) is 2.83. The molecule has 0 saturated carbocycles. The summed E-state index contributed by atoms with van der Waals surface area (Å²) in [4.78, 5) is 14.2. The van der Waals surface area contributed by atoms with Gasteiger partial charge in [-0.2, -0.15) is 5.26 Å². The Morgan fingerprint density at radius 2 is 1.88 bits per heavy atom. The van der Waals surface area contributed by atoms with Gasteiger partial charge in [-0.3, -0.25) is 4.79 Å². The number of morpholine rings is 1. The standard InChI is InChI=1S/C19H19N3O2/c1-15-7-8-18(22(15)17-5-3-2-4-6-17)13-16(14-20)19(23)21-9-11-24-12-10-21/h2-8,13H,9-12H2,1H3/b16-13-. The van der Waals surface area contributed by atoms with Gasteiger partial charge in [-0.25, -0.2) is 0 Å². The Hall–Kier alpha value is -2.84. The molecule has 0 radical (unpaired) electrons. The first-order valence-electron chi connectivity index (χ1n) is 7.93. The number of carbonyl (C=O) groups is 1. The minimum absolute atomic E-state index is 0.146. The first-order valence-corrected chi connectivity index (χ1v) is 7.93. The van der Waals surface area contributed by atoms with E-state index in [1.807, 2.05) is 54.0 Å². The maximum atomic E-state index is 12.6. The number of aryl methyl sites for hydroxylation is 1. The summed E-state index contributed by atoms with van der Waals surface area (Å²) >= 11 is 0. The molecule has 5 heteroatoms. The first kappa shape index (κ1) is 16.0. The Kier molecular flexibility index (Phi) is 4.78. The summed E-state index contributed by atoms with van der Waals surface area (Å²) in [6.45, 7) is 4.08. The van der Waals surface area contributed by atoms with Crippen molar-refractivity contribution in [3.63, 3.8) is 0 Å². The van der Waals surface area contributed by atoms with Gasteiger partial charge in [-0.15, -0.1) is 0 Å². The van der Waals surface area contributed by atoms with Crippen LogP contribution in [0.4, 0.5) is 0 Å². The van der Waals surface area contributed by atoms with Gasteiger partial charge in [-0.05, 0) is 37.3 Å². The van der Waals surface area contributed by atoms with Crippen LogP contribution in [-0.2, 0) is 9.53 Å². The van der Waals surface area contributed by atoms with Gasteiger partial charge >= 0.3 is 0 Å². The van der Waals surface area contributed by atoms with E-state index in [0.29, 0.717) is 26.3 Å². The van der Waals surface area contributed by atoms with Gasteiger partial charge in [0.15, 0.2) is 0 Å². The van der Waals surface area contributed by atoms with Crippen molar-refractivity contribution in [2.45, 2.75) is 6.92 Å². The van der Waals surface area contributed by atoms with E-state index in [1.165, 1.54) is 0 Å². The molecule has 2 aromatic rings. The predicted octanol–water partition coefficient (Wildman–Crippen LogP) is 2.55. The van der Waals surface area contributed by atoms with Crippen LogP contribution < -0.4 is 0 Å². The van der Waals surface area contributed by atoms with Gasteiger partial charge in [0, 0.05) is 30.2 Å². The molecule has 1 fully saturated rings. The van der Waals surface area contributed by atoms with Gasteiger partial charge < -0.3 is 14.2 Å². The lowest BCUT2D eigenvalue weighted by Crippen LogP contribution is -2.41. The molecule has 1 aromatic carbocycles. The second kappa shape index (κ2) is 7.16. The molecule has 0 aliphatic carbocycles. The van der Waals surface area contributed by atoms with Crippen molar-refractivity contribution >= 4 is 12.0 Å². The van der Waals surface area contributed by atoms with Gasteiger partial charge in [0.25, 0.3) is 5.91 Å². The largest absolute Gasteiger partial charge is 0.378 e. The summed E-state index contributed by atoms with van der Waals surface area (Å²) < 4.78 is 7.29. The number of rotatable bonds is 3. The van der Waals surface area contributed by atoms with Crippen LogP contribution in [-0.4, -0.2) is 41.7 Å². The SMILES string of the molecule is Cc1ccc(/C=C(/C#N)C(=O)N2CCOCC2)n1-c1ccccc1. The highest BCUT2D eigenvalue weighted by Gasteiger charge is 2.21. The Labute approximate surface area is 141 Å². The first-order chi connectivity index (χ1) is 11.7. The fraction of sp³-hybridized carbons (Fsp3) is 0.263. The maximum absolute atomic E-state index is 12.6. The Balaban J connectivity index is 1.95. The van der Waals surface area contributed by atoms with E-state index in [1.54, 1.807) is 11.0 Å². The quantitative estimate of drug-likeness (QED) is 0.645. The van der Waals surface area contributed by atoms with E-state index >= 15 is 0 Å². The molecule has 24 heavy (non-hydrogen) atoms. The third-order valence-corrected chi connectivity index (χ3v) is 4.06. The van der Waals surface area contributed by atoms with Crippen molar-refractivity contribution in [1.29, 1.82) is 5.26 Å². The summed E-state index contributed by atoms with van der Waals surface area (Å²) in [5.41, 5.74) is 3.01. The van der Waals surface area contributed by atoms with Crippen molar-refractivity contribution in [2.75, 3.05) is 26.3 Å². The number of aromatic nitrogens is 1. The van der Waals surface area contributed by atoms with E-state index in [4.69, 9.17) is 4.74 Å². The highest BCUT2D eigenvalue weighted by molar-refractivity contribution is 6.01. The zero-order valence-corrected chi connectivity index (χ0v) is 13.6. The number of amides is 1. The normalized spacial score (nSPS) is 15.2. The summed E-state index contributed by atoms with van der Waals surface area (Å²) in [7, 11) is 0. The monoisotopic (exact) mass is 321 g/mol. The van der Waals surface area contributed by atoms with E-state index in [2.05, 4.69) is 6.07 Å². The molecular formula is C19H19N3O2. The Morgan fingerprint density at radius 1 is 1.17 bits per heavy atom. The number of nitrogens with zero attached hydrogens (tertiary/aromatic N) is 3. The molecule has 2 heterocycles. The van der Waals surface area contributed by atoms with E-state index < -0.39 is 0 Å². The van der Waals surface area contributed by atoms with Crippen molar-refractivity contribution in [2.24, 2.45) is 0 Å². The number of para-hydroxylation sites is 1. The van der Waals surface area contributed by atoms with Gasteiger partial charge in [0.1, 0.15) is 11.6 Å². The minimum atomic E-state index is -0.237. The highest BCUT2D eigenvalue weighted by Crippen LogP contribution is 2.19. The number of carbonyl (C=O) groups excluding carboxylic acids is 1. The lowest BCUT2D eigenvalue weighted by Gasteiger charge is -2.26. The van der Waals surface area contributed by atoms with Crippen LogP contribution in [0.1, 0.15) is 11.4 Å². The summed E-state index contributed by atoms with van der Waals surface area (Å²) in [6, 6.07) is 15.8. The van der Waals surface area contributed by atoms with Crippen LogP contribution in [0.2, 0.25) is 0 Å². The van der Waals surface area contributed by atoms with E-state index in [0.717, 1.165) is 17.1 Å². The molecule has 1 aliphatic heterocycles. The fourth-order valence-electron chi connectivity index (χ4n) is 2.83. The molecular weight excluding hydrogens is 302 g/mol. The third kappa shape index (κ3) is 3.24. The van der Waals surface area contributed by atoms with Crippen molar-refractivity contribution in [1.82, 2.24) is 9.47 Å². The predicted molar refractivity (Wildman–Crippen MR) is 91.5 cm³/mol. The Bertz CT molecular complexity index is 794. The molecule has 1 aliphatic rings. The Morgan fingerprint density at radius 3 is 2.54 bits per heavy atom. The highest BCUT2D eigenvalue weighted by atomic mass is 16.5. The molecule has 0 atom stereocenters. The smallest absolute Gasteiger partial charge is 0.264 e. The number of nitriles is 1. The van der Waals surface area contributed by atoms with Crippen molar-refractivity contribution in [3.8, 4) is 11.8 Å². The van der Waals surface area contributed by atoms with Crippen LogP contribution in [0.5, 0.6) is 0 Å². The molecule has 0 spiro atoms. The molecule has 5 nitrogen and oxygen atoms in total. The lowest BCUT2D eigenvalue weighted by atomic mass is 10.2. The van der Waals surface area contributed by atoms with Crippen LogP contribution in [0, 0.1) is 18.3 Å². The summed E-state index contributed by atoms with van der Waals surface area (Å²) in [5.74, 6) is -0.237. The van der Waals surface area contributed by atoms with Crippen LogP contribution >= 0.6 is 0 Å². The second-order valence-electron chi connectivity index (χ2n) is 5.64. The number of hydrogen-bond donors (Lipinski definition) is 0. The van der Waals surface area contributed by atoms with Crippen molar-refractivity contribution < 1.29 is 9.53 Å². The molecule has 1 saturated heterocycles. The topological polar surface area (TPSA) is 58.3 Å². The van der Waals surface area contributed by atoms with Gasteiger partial charge in [-0.1, -0.05) is 18.2 Å². The van der Waals surface area contributed by atoms with Crippen molar-refractivity contribution in [3.05, 3.63) is 59.4 Å². The second-order valence-corrected chi connectivity index (χ2v) is 5.64. The van der Waals surface area contributed by atoms with E-state index in [-0.39, 0.29) is 11.5 Å². The molecule has 0 N–H and O–H groups in total. The summed E-state index contributed by atoms with van der Waals surface area (Å²) in [6.07, 6.45) is 1.66. The third-order valence-electron chi connectivity index (χ3n) is 4.06. The van der Waals surface area contributed by atoms with Crippen LogP contribution in [0.15, 0.2) is 48.0 Å². The molecule has 122 valence electrons. The number of benzene rings is 1. The molecule has 1 amide bonds. The van der Waals surface area contributed by atoms with Gasteiger partial charge in [0.05, 0.1) is 13.2 Å². The number of ether oxygens (including phenoxy) is 1. The summed E-state index contributed by atoms with van der Waals surface area (Å²) in [5, 5.41) is 9.45. The lowest BCUT2D eigenvalue weighted by molar-refractivity contribution is -0.130. The zero-order chi connectivity index (χ0) is 16.9.